The molecule has 0 bridgehead atoms. The average molecular weight is 289 g/mol. The molecule has 0 fully saturated rings. The van der Waals surface area contributed by atoms with Crippen LogP contribution in [0.3, 0.4) is 0 Å². The Kier molecular flexibility index (Phi) is 4.05. The summed E-state index contributed by atoms with van der Waals surface area (Å²) in [6.45, 7) is 2.70. The van der Waals surface area contributed by atoms with Crippen molar-refractivity contribution in [2.75, 3.05) is 10.6 Å². The number of nitrogens with zero attached hydrogens (tertiary/aromatic N) is 2. The van der Waals surface area contributed by atoms with Crippen LogP contribution < -0.4 is 10.6 Å². The van der Waals surface area contributed by atoms with E-state index in [9.17, 15) is 0 Å². The number of hydrogen-bond acceptors (Lipinski definition) is 3. The van der Waals surface area contributed by atoms with E-state index in [0.717, 1.165) is 29.4 Å². The number of nitrogens with two attached hydrogens (primary N) is 1. The van der Waals surface area contributed by atoms with Gasteiger partial charge < -0.3 is 10.6 Å². The van der Waals surface area contributed by atoms with Crippen molar-refractivity contribution in [3.63, 3.8) is 0 Å². The molecule has 3 aromatic rings. The van der Waals surface area contributed by atoms with Gasteiger partial charge >= 0.3 is 0 Å². The summed E-state index contributed by atoms with van der Waals surface area (Å²) in [6.07, 6.45) is 0. The van der Waals surface area contributed by atoms with Crippen LogP contribution >= 0.6 is 0 Å². The fourth-order valence-corrected chi connectivity index (χ4v) is 2.39. The highest BCUT2D eigenvalue weighted by Crippen LogP contribution is 2.27. The first kappa shape index (κ1) is 14.1. The van der Waals surface area contributed by atoms with E-state index < -0.39 is 0 Å². The predicted molar refractivity (Wildman–Crippen MR) is 92.1 cm³/mol. The van der Waals surface area contributed by atoms with Crippen LogP contribution in [-0.2, 0) is 6.54 Å². The molecule has 1 heterocycles. The molecular weight excluding hydrogens is 270 g/mol. The highest BCUT2D eigenvalue weighted by molar-refractivity contribution is 5.62. The third-order valence-electron chi connectivity index (χ3n) is 3.64. The number of benzene rings is 2. The number of aromatic nitrogens is 1. The van der Waals surface area contributed by atoms with E-state index in [1.165, 1.54) is 5.56 Å². The lowest BCUT2D eigenvalue weighted by Gasteiger charge is -2.24. The molecule has 0 amide bonds. The van der Waals surface area contributed by atoms with Gasteiger partial charge in [-0.15, -0.1) is 0 Å². The van der Waals surface area contributed by atoms with Crippen molar-refractivity contribution in [2.45, 2.75) is 13.5 Å². The van der Waals surface area contributed by atoms with Crippen molar-refractivity contribution < 1.29 is 0 Å². The van der Waals surface area contributed by atoms with Crippen molar-refractivity contribution >= 4 is 17.2 Å². The maximum absolute atomic E-state index is 5.90. The van der Waals surface area contributed by atoms with Gasteiger partial charge in [0.2, 0.25) is 0 Å². The monoisotopic (exact) mass is 289 g/mol. The largest absolute Gasteiger partial charge is 0.397 e. The van der Waals surface area contributed by atoms with Crippen molar-refractivity contribution in [2.24, 2.45) is 0 Å². The third kappa shape index (κ3) is 3.09. The molecule has 0 aliphatic rings. The van der Waals surface area contributed by atoms with Gasteiger partial charge in [-0.3, -0.25) is 0 Å². The molecule has 3 nitrogen and oxygen atoms in total. The van der Waals surface area contributed by atoms with Gasteiger partial charge in [-0.05, 0) is 36.8 Å². The summed E-state index contributed by atoms with van der Waals surface area (Å²) < 4.78 is 0. The van der Waals surface area contributed by atoms with Gasteiger partial charge in [-0.25, -0.2) is 4.98 Å². The minimum absolute atomic E-state index is 0.719. The predicted octanol–water partition coefficient (Wildman–Crippen LogP) is 4.31. The zero-order valence-electron chi connectivity index (χ0n) is 12.6. The van der Waals surface area contributed by atoms with Gasteiger partial charge in [0.1, 0.15) is 5.82 Å². The Bertz CT molecular complexity index is 739. The molecule has 2 aromatic carbocycles. The second-order valence-corrected chi connectivity index (χ2v) is 5.25. The number of nitrogen functional groups attached to an aromatic ring is 1. The lowest BCUT2D eigenvalue weighted by Crippen LogP contribution is -2.18. The Morgan fingerprint density at radius 3 is 2.14 bits per heavy atom. The third-order valence-corrected chi connectivity index (χ3v) is 3.64. The standard InChI is InChI=1S/C19H19N3/c1-15-18(20)12-13-19(21-15)22(17-10-6-3-7-11-17)14-16-8-4-2-5-9-16/h2-13H,14,20H2,1H3. The highest BCUT2D eigenvalue weighted by atomic mass is 15.2. The maximum atomic E-state index is 5.90. The van der Waals surface area contributed by atoms with E-state index in [0.29, 0.717) is 0 Å². The van der Waals surface area contributed by atoms with Gasteiger partial charge in [0.25, 0.3) is 0 Å². The van der Waals surface area contributed by atoms with Gasteiger partial charge in [-0.1, -0.05) is 48.5 Å². The molecule has 0 saturated heterocycles. The molecule has 3 heteroatoms. The smallest absolute Gasteiger partial charge is 0.133 e. The number of anilines is 3. The molecule has 0 aliphatic carbocycles. The SMILES string of the molecule is Cc1nc(N(Cc2ccccc2)c2ccccc2)ccc1N. The van der Waals surface area contributed by atoms with Crippen LogP contribution in [0.25, 0.3) is 0 Å². The van der Waals surface area contributed by atoms with Crippen LogP contribution in [0.4, 0.5) is 17.2 Å². The van der Waals surface area contributed by atoms with E-state index >= 15 is 0 Å². The summed E-state index contributed by atoms with van der Waals surface area (Å²) in [5, 5.41) is 0. The molecule has 0 saturated carbocycles. The summed E-state index contributed by atoms with van der Waals surface area (Å²) in [4.78, 5) is 6.84. The van der Waals surface area contributed by atoms with Crippen LogP contribution in [0.15, 0.2) is 72.8 Å². The van der Waals surface area contributed by atoms with Crippen molar-refractivity contribution in [3.05, 3.63) is 84.1 Å². The van der Waals surface area contributed by atoms with E-state index in [1.54, 1.807) is 0 Å². The molecule has 110 valence electrons. The van der Waals surface area contributed by atoms with Crippen LogP contribution in [0.5, 0.6) is 0 Å². The molecule has 1 aromatic heterocycles. The molecule has 0 unspecified atom stereocenters. The summed E-state index contributed by atoms with van der Waals surface area (Å²) in [7, 11) is 0. The number of hydrogen-bond donors (Lipinski definition) is 1. The molecule has 3 rings (SSSR count). The lowest BCUT2D eigenvalue weighted by molar-refractivity contribution is 0.941. The topological polar surface area (TPSA) is 42.2 Å². The summed E-state index contributed by atoms with van der Waals surface area (Å²) in [5.74, 6) is 0.904. The number of para-hydroxylation sites is 1. The van der Waals surface area contributed by atoms with E-state index in [4.69, 9.17) is 5.73 Å². The first-order valence-electron chi connectivity index (χ1n) is 7.33. The second kappa shape index (κ2) is 6.31. The maximum Gasteiger partial charge on any atom is 0.133 e. The van der Waals surface area contributed by atoms with Crippen molar-refractivity contribution in [1.29, 1.82) is 0 Å². The molecule has 0 atom stereocenters. The minimum atomic E-state index is 0.719. The molecule has 0 aliphatic heterocycles. The van der Waals surface area contributed by atoms with Crippen LogP contribution in [-0.4, -0.2) is 4.98 Å². The zero-order valence-corrected chi connectivity index (χ0v) is 12.6. The molecule has 2 N–H and O–H groups in total. The number of pyridine rings is 1. The van der Waals surface area contributed by atoms with Gasteiger partial charge in [0.15, 0.2) is 0 Å². The Morgan fingerprint density at radius 2 is 1.50 bits per heavy atom. The lowest BCUT2D eigenvalue weighted by atomic mass is 10.2. The van der Waals surface area contributed by atoms with E-state index in [1.807, 2.05) is 43.3 Å². The molecule has 22 heavy (non-hydrogen) atoms. The van der Waals surface area contributed by atoms with Crippen molar-refractivity contribution in [1.82, 2.24) is 4.98 Å². The Labute approximate surface area is 131 Å². The zero-order chi connectivity index (χ0) is 15.4. The first-order valence-corrected chi connectivity index (χ1v) is 7.33. The normalized spacial score (nSPS) is 10.4. The fourth-order valence-electron chi connectivity index (χ4n) is 2.39. The molecule has 0 spiro atoms. The fraction of sp³-hybridized carbons (Fsp3) is 0.105. The summed E-state index contributed by atoms with van der Waals surface area (Å²) in [5.41, 5.74) is 9.82. The highest BCUT2D eigenvalue weighted by Gasteiger charge is 2.12. The summed E-state index contributed by atoms with van der Waals surface area (Å²) in [6, 6.07) is 24.6. The minimum Gasteiger partial charge on any atom is -0.397 e. The van der Waals surface area contributed by atoms with Gasteiger partial charge in [0.05, 0.1) is 11.4 Å². The Hall–Kier alpha value is -2.81. The molecular formula is C19H19N3. The van der Waals surface area contributed by atoms with E-state index in [-0.39, 0.29) is 0 Å². The van der Waals surface area contributed by atoms with Crippen LogP contribution in [0, 0.1) is 6.92 Å². The Balaban J connectivity index is 2.01. The second-order valence-electron chi connectivity index (χ2n) is 5.25. The first-order chi connectivity index (χ1) is 10.7. The Morgan fingerprint density at radius 1 is 0.864 bits per heavy atom. The average Bonchev–Trinajstić information content (AvgIpc) is 2.57. The molecule has 0 radical (unpaired) electrons. The van der Waals surface area contributed by atoms with Crippen molar-refractivity contribution in [3.8, 4) is 0 Å². The van der Waals surface area contributed by atoms with Crippen LogP contribution in [0.2, 0.25) is 0 Å². The quantitative estimate of drug-likeness (QED) is 0.778. The van der Waals surface area contributed by atoms with Gasteiger partial charge in [-0.2, -0.15) is 0 Å². The number of rotatable bonds is 4. The number of aryl methyl sites for hydroxylation is 1. The van der Waals surface area contributed by atoms with Gasteiger partial charge in [0, 0.05) is 12.2 Å². The van der Waals surface area contributed by atoms with E-state index in [2.05, 4.69) is 46.3 Å². The van der Waals surface area contributed by atoms with Crippen LogP contribution in [0.1, 0.15) is 11.3 Å². The summed E-state index contributed by atoms with van der Waals surface area (Å²) >= 11 is 0.